The second kappa shape index (κ2) is 7.22. The SMILES string of the molecule is Cc1cc(OCC(=O)NCc2ccccn2)c(C)cc1Br. The first-order valence-electron chi connectivity index (χ1n) is 6.62. The van der Waals surface area contributed by atoms with E-state index in [2.05, 4.69) is 26.2 Å². The lowest BCUT2D eigenvalue weighted by molar-refractivity contribution is -0.123. The van der Waals surface area contributed by atoms with Crippen LogP contribution < -0.4 is 10.1 Å². The highest BCUT2D eigenvalue weighted by molar-refractivity contribution is 9.10. The van der Waals surface area contributed by atoms with E-state index < -0.39 is 0 Å². The number of carbonyl (C=O) groups is 1. The van der Waals surface area contributed by atoms with E-state index in [4.69, 9.17) is 4.74 Å². The topological polar surface area (TPSA) is 51.2 Å². The number of rotatable bonds is 5. The van der Waals surface area contributed by atoms with Crippen LogP contribution in [0.15, 0.2) is 41.0 Å². The summed E-state index contributed by atoms with van der Waals surface area (Å²) in [4.78, 5) is 15.9. The molecule has 0 fully saturated rings. The number of hydrogen-bond acceptors (Lipinski definition) is 3. The van der Waals surface area contributed by atoms with E-state index in [-0.39, 0.29) is 12.5 Å². The highest BCUT2D eigenvalue weighted by Crippen LogP contribution is 2.26. The van der Waals surface area contributed by atoms with E-state index in [1.165, 1.54) is 0 Å². The van der Waals surface area contributed by atoms with Gasteiger partial charge in [0.2, 0.25) is 0 Å². The van der Waals surface area contributed by atoms with Crippen LogP contribution in [0.4, 0.5) is 0 Å². The van der Waals surface area contributed by atoms with E-state index in [1.807, 2.05) is 44.2 Å². The van der Waals surface area contributed by atoms with Crippen LogP contribution in [0.3, 0.4) is 0 Å². The summed E-state index contributed by atoms with van der Waals surface area (Å²) in [7, 11) is 0. The quantitative estimate of drug-likeness (QED) is 0.902. The summed E-state index contributed by atoms with van der Waals surface area (Å²) in [5.74, 6) is 0.560. The zero-order chi connectivity index (χ0) is 15.2. The number of aromatic nitrogens is 1. The smallest absolute Gasteiger partial charge is 0.258 e. The van der Waals surface area contributed by atoms with Gasteiger partial charge in [-0.25, -0.2) is 0 Å². The third kappa shape index (κ3) is 4.56. The van der Waals surface area contributed by atoms with Crippen molar-refractivity contribution < 1.29 is 9.53 Å². The Hall–Kier alpha value is -1.88. The van der Waals surface area contributed by atoms with Gasteiger partial charge in [0.15, 0.2) is 6.61 Å². The van der Waals surface area contributed by atoms with Crippen LogP contribution in [0, 0.1) is 13.8 Å². The number of amides is 1. The second-order valence-electron chi connectivity index (χ2n) is 4.75. The molecule has 2 rings (SSSR count). The van der Waals surface area contributed by atoms with Crippen LogP contribution in [0.1, 0.15) is 16.8 Å². The molecule has 0 saturated carbocycles. The molecule has 0 aliphatic rings. The van der Waals surface area contributed by atoms with Gasteiger partial charge in [0.1, 0.15) is 5.75 Å². The number of pyridine rings is 1. The molecule has 0 bridgehead atoms. The summed E-state index contributed by atoms with van der Waals surface area (Å²) in [6.07, 6.45) is 1.70. The number of halogens is 1. The van der Waals surface area contributed by atoms with Gasteiger partial charge in [-0.2, -0.15) is 0 Å². The Morgan fingerprint density at radius 2 is 2.10 bits per heavy atom. The summed E-state index contributed by atoms with van der Waals surface area (Å²) >= 11 is 3.47. The molecule has 1 aromatic carbocycles. The maximum absolute atomic E-state index is 11.8. The zero-order valence-corrected chi connectivity index (χ0v) is 13.6. The number of aryl methyl sites for hydroxylation is 2. The number of nitrogens with zero attached hydrogens (tertiary/aromatic N) is 1. The molecular formula is C16H17BrN2O2. The van der Waals surface area contributed by atoms with Crippen molar-refractivity contribution >= 4 is 21.8 Å². The zero-order valence-electron chi connectivity index (χ0n) is 12.0. The molecule has 0 spiro atoms. The van der Waals surface area contributed by atoms with E-state index in [1.54, 1.807) is 6.20 Å². The lowest BCUT2D eigenvalue weighted by Gasteiger charge is -2.11. The number of nitrogens with one attached hydrogen (secondary N) is 1. The summed E-state index contributed by atoms with van der Waals surface area (Å²) in [5.41, 5.74) is 2.89. The van der Waals surface area contributed by atoms with E-state index in [0.717, 1.165) is 27.0 Å². The molecule has 5 heteroatoms. The van der Waals surface area contributed by atoms with Crippen molar-refractivity contribution in [3.8, 4) is 5.75 Å². The van der Waals surface area contributed by atoms with Gasteiger partial charge in [0.25, 0.3) is 5.91 Å². The average Bonchev–Trinajstić information content (AvgIpc) is 2.48. The van der Waals surface area contributed by atoms with Crippen LogP contribution in [0.25, 0.3) is 0 Å². The van der Waals surface area contributed by atoms with E-state index in [9.17, 15) is 4.79 Å². The van der Waals surface area contributed by atoms with Gasteiger partial charge >= 0.3 is 0 Å². The van der Waals surface area contributed by atoms with Crippen molar-refractivity contribution in [1.82, 2.24) is 10.3 Å². The number of ether oxygens (including phenoxy) is 1. The Kier molecular flexibility index (Phi) is 5.33. The van der Waals surface area contributed by atoms with Crippen molar-refractivity contribution in [2.24, 2.45) is 0 Å². The van der Waals surface area contributed by atoms with Gasteiger partial charge in [-0.15, -0.1) is 0 Å². The number of carbonyl (C=O) groups excluding carboxylic acids is 1. The molecule has 1 amide bonds. The minimum Gasteiger partial charge on any atom is -0.483 e. The van der Waals surface area contributed by atoms with Gasteiger partial charge in [-0.05, 0) is 49.2 Å². The molecule has 0 aliphatic heterocycles. The van der Waals surface area contributed by atoms with Crippen molar-refractivity contribution in [3.63, 3.8) is 0 Å². The third-order valence-electron chi connectivity index (χ3n) is 3.01. The molecule has 1 heterocycles. The fourth-order valence-electron chi connectivity index (χ4n) is 1.80. The van der Waals surface area contributed by atoms with Crippen LogP contribution >= 0.6 is 15.9 Å². The third-order valence-corrected chi connectivity index (χ3v) is 3.86. The Balaban J connectivity index is 1.85. The molecular weight excluding hydrogens is 332 g/mol. The lowest BCUT2D eigenvalue weighted by atomic mass is 10.1. The minimum absolute atomic E-state index is 0.00521. The fourth-order valence-corrected chi connectivity index (χ4v) is 2.25. The first kappa shape index (κ1) is 15.5. The number of hydrogen-bond donors (Lipinski definition) is 1. The Morgan fingerprint density at radius 3 is 2.81 bits per heavy atom. The highest BCUT2D eigenvalue weighted by Gasteiger charge is 2.07. The molecule has 0 saturated heterocycles. The predicted octanol–water partition coefficient (Wildman–Crippen LogP) is 3.16. The fraction of sp³-hybridized carbons (Fsp3) is 0.250. The van der Waals surface area contributed by atoms with Crippen LogP contribution in [0.2, 0.25) is 0 Å². The van der Waals surface area contributed by atoms with E-state index >= 15 is 0 Å². The summed E-state index contributed by atoms with van der Waals surface area (Å²) in [5, 5.41) is 2.78. The van der Waals surface area contributed by atoms with Gasteiger partial charge in [-0.1, -0.05) is 22.0 Å². The Morgan fingerprint density at radius 1 is 1.29 bits per heavy atom. The minimum atomic E-state index is -0.166. The average molecular weight is 349 g/mol. The molecule has 0 unspecified atom stereocenters. The largest absolute Gasteiger partial charge is 0.483 e. The standard InChI is InChI=1S/C16H17BrN2O2/c1-11-8-15(12(2)7-14(11)17)21-10-16(20)19-9-13-5-3-4-6-18-13/h3-8H,9-10H2,1-2H3,(H,19,20). The van der Waals surface area contributed by atoms with Crippen LogP contribution in [0.5, 0.6) is 5.75 Å². The Labute approximate surface area is 132 Å². The maximum Gasteiger partial charge on any atom is 0.258 e. The first-order valence-corrected chi connectivity index (χ1v) is 7.41. The summed E-state index contributed by atoms with van der Waals surface area (Å²) in [6, 6.07) is 9.50. The van der Waals surface area contributed by atoms with Crippen molar-refractivity contribution in [2.75, 3.05) is 6.61 Å². The molecule has 1 aromatic heterocycles. The second-order valence-corrected chi connectivity index (χ2v) is 5.61. The van der Waals surface area contributed by atoms with Gasteiger partial charge in [-0.3, -0.25) is 9.78 Å². The first-order chi connectivity index (χ1) is 10.1. The molecule has 1 N–H and O–H groups in total. The molecule has 2 aromatic rings. The van der Waals surface area contributed by atoms with Gasteiger partial charge < -0.3 is 10.1 Å². The van der Waals surface area contributed by atoms with Crippen molar-refractivity contribution in [1.29, 1.82) is 0 Å². The monoisotopic (exact) mass is 348 g/mol. The van der Waals surface area contributed by atoms with Gasteiger partial charge in [0.05, 0.1) is 12.2 Å². The maximum atomic E-state index is 11.8. The van der Waals surface area contributed by atoms with Crippen LogP contribution in [-0.2, 0) is 11.3 Å². The summed E-state index contributed by atoms with van der Waals surface area (Å²) < 4.78 is 6.60. The molecule has 0 atom stereocenters. The molecule has 4 nitrogen and oxygen atoms in total. The normalized spacial score (nSPS) is 10.2. The lowest BCUT2D eigenvalue weighted by Crippen LogP contribution is -2.28. The molecule has 110 valence electrons. The van der Waals surface area contributed by atoms with Crippen molar-refractivity contribution in [3.05, 3.63) is 57.8 Å². The summed E-state index contributed by atoms with van der Waals surface area (Å²) in [6.45, 7) is 4.33. The molecule has 0 aliphatic carbocycles. The van der Waals surface area contributed by atoms with Crippen LogP contribution in [-0.4, -0.2) is 17.5 Å². The van der Waals surface area contributed by atoms with Crippen molar-refractivity contribution in [2.45, 2.75) is 20.4 Å². The highest BCUT2D eigenvalue weighted by atomic mass is 79.9. The molecule has 0 radical (unpaired) electrons. The van der Waals surface area contributed by atoms with E-state index in [0.29, 0.717) is 6.54 Å². The molecule has 21 heavy (non-hydrogen) atoms. The van der Waals surface area contributed by atoms with Gasteiger partial charge in [0, 0.05) is 10.7 Å². The predicted molar refractivity (Wildman–Crippen MR) is 85.2 cm³/mol. The number of benzene rings is 1. The Bertz CT molecular complexity index is 630.